The molecular formula is C17H18FNS. The van der Waals surface area contributed by atoms with E-state index in [1.807, 2.05) is 23.9 Å². The molecule has 1 aliphatic heterocycles. The van der Waals surface area contributed by atoms with Gasteiger partial charge >= 0.3 is 0 Å². The van der Waals surface area contributed by atoms with Gasteiger partial charge in [0.25, 0.3) is 0 Å². The highest BCUT2D eigenvalue weighted by Gasteiger charge is 2.26. The van der Waals surface area contributed by atoms with Crippen LogP contribution in [-0.2, 0) is 6.42 Å². The van der Waals surface area contributed by atoms with Crippen molar-refractivity contribution < 1.29 is 4.39 Å². The predicted octanol–water partition coefficient (Wildman–Crippen LogP) is 3.98. The van der Waals surface area contributed by atoms with Crippen LogP contribution < -0.4 is 5.73 Å². The predicted molar refractivity (Wildman–Crippen MR) is 82.6 cm³/mol. The van der Waals surface area contributed by atoms with Gasteiger partial charge in [-0.25, -0.2) is 4.39 Å². The number of halogens is 1. The van der Waals surface area contributed by atoms with Gasteiger partial charge in [-0.1, -0.05) is 36.4 Å². The SMILES string of the molecule is NCC(CC1Cc2ccccc2S1)c1ccccc1F. The van der Waals surface area contributed by atoms with E-state index >= 15 is 0 Å². The van der Waals surface area contributed by atoms with Crippen LogP contribution in [0.25, 0.3) is 0 Å². The van der Waals surface area contributed by atoms with Crippen molar-refractivity contribution in [1.29, 1.82) is 0 Å². The van der Waals surface area contributed by atoms with Gasteiger partial charge in [-0.3, -0.25) is 0 Å². The highest BCUT2D eigenvalue weighted by atomic mass is 32.2. The van der Waals surface area contributed by atoms with Crippen molar-refractivity contribution in [2.45, 2.75) is 28.9 Å². The lowest BCUT2D eigenvalue weighted by atomic mass is 9.92. The molecule has 0 spiro atoms. The zero-order chi connectivity index (χ0) is 13.9. The van der Waals surface area contributed by atoms with Gasteiger partial charge in [0.15, 0.2) is 0 Å². The van der Waals surface area contributed by atoms with Crippen LogP contribution in [0.5, 0.6) is 0 Å². The molecule has 3 heteroatoms. The van der Waals surface area contributed by atoms with Gasteiger partial charge < -0.3 is 5.73 Å². The Balaban J connectivity index is 1.73. The highest BCUT2D eigenvalue weighted by Crippen LogP contribution is 2.41. The van der Waals surface area contributed by atoms with Crippen molar-refractivity contribution >= 4 is 11.8 Å². The van der Waals surface area contributed by atoms with Crippen molar-refractivity contribution in [2.24, 2.45) is 5.73 Å². The maximum atomic E-state index is 13.9. The van der Waals surface area contributed by atoms with Crippen molar-refractivity contribution in [3.63, 3.8) is 0 Å². The smallest absolute Gasteiger partial charge is 0.126 e. The van der Waals surface area contributed by atoms with E-state index in [0.717, 1.165) is 18.4 Å². The third-order valence-electron chi connectivity index (χ3n) is 3.89. The van der Waals surface area contributed by atoms with Crippen molar-refractivity contribution in [1.82, 2.24) is 0 Å². The third kappa shape index (κ3) is 2.74. The Kier molecular flexibility index (Phi) is 4.08. The van der Waals surface area contributed by atoms with Crippen LogP contribution in [0.15, 0.2) is 53.4 Å². The average molecular weight is 287 g/mol. The number of hydrogen-bond donors (Lipinski definition) is 1. The molecule has 104 valence electrons. The Bertz CT molecular complexity index is 574. The van der Waals surface area contributed by atoms with Gasteiger partial charge in [0.2, 0.25) is 0 Å². The van der Waals surface area contributed by atoms with Gasteiger partial charge in [-0.2, -0.15) is 0 Å². The quantitative estimate of drug-likeness (QED) is 0.920. The van der Waals surface area contributed by atoms with Crippen molar-refractivity contribution in [3.8, 4) is 0 Å². The van der Waals surface area contributed by atoms with Crippen LogP contribution in [0.2, 0.25) is 0 Å². The second-order valence-electron chi connectivity index (χ2n) is 5.24. The standard InChI is InChI=1S/C17H18FNS/c18-16-7-3-2-6-15(16)13(11-19)10-14-9-12-5-1-4-8-17(12)20-14/h1-8,13-14H,9-11,19H2. The first-order valence-electron chi connectivity index (χ1n) is 6.97. The second-order valence-corrected chi connectivity index (χ2v) is 6.58. The summed E-state index contributed by atoms with van der Waals surface area (Å²) in [6.07, 6.45) is 1.99. The van der Waals surface area contributed by atoms with E-state index in [-0.39, 0.29) is 11.7 Å². The molecule has 0 aromatic heterocycles. The Morgan fingerprint density at radius 3 is 2.65 bits per heavy atom. The lowest BCUT2D eigenvalue weighted by Gasteiger charge is -2.19. The Labute approximate surface area is 123 Å². The number of rotatable bonds is 4. The normalized spacial score (nSPS) is 18.8. The van der Waals surface area contributed by atoms with Crippen LogP contribution in [0.1, 0.15) is 23.5 Å². The molecule has 2 aromatic carbocycles. The Morgan fingerprint density at radius 2 is 1.90 bits per heavy atom. The Hall–Kier alpha value is -1.32. The molecule has 2 aromatic rings. The molecule has 1 aliphatic rings. The number of thioether (sulfide) groups is 1. The first kappa shape index (κ1) is 13.7. The summed E-state index contributed by atoms with van der Waals surface area (Å²) in [6, 6.07) is 15.5. The molecule has 0 fully saturated rings. The van der Waals surface area contributed by atoms with E-state index in [1.54, 1.807) is 6.07 Å². The summed E-state index contributed by atoms with van der Waals surface area (Å²) in [6.45, 7) is 0.494. The van der Waals surface area contributed by atoms with E-state index in [2.05, 4.69) is 24.3 Å². The molecular weight excluding hydrogens is 269 g/mol. The molecule has 0 aliphatic carbocycles. The molecule has 0 saturated carbocycles. The van der Waals surface area contributed by atoms with Crippen LogP contribution in [0.4, 0.5) is 4.39 Å². The molecule has 20 heavy (non-hydrogen) atoms. The van der Waals surface area contributed by atoms with Gasteiger partial charge in [0.05, 0.1) is 0 Å². The fourth-order valence-electron chi connectivity index (χ4n) is 2.86. The minimum Gasteiger partial charge on any atom is -0.330 e. The fourth-order valence-corrected chi connectivity index (χ4v) is 4.27. The molecule has 2 N–H and O–H groups in total. The second kappa shape index (κ2) is 5.98. The van der Waals surface area contributed by atoms with Crippen molar-refractivity contribution in [3.05, 3.63) is 65.5 Å². The largest absolute Gasteiger partial charge is 0.330 e. The zero-order valence-electron chi connectivity index (χ0n) is 11.3. The van der Waals surface area contributed by atoms with E-state index in [1.165, 1.54) is 16.5 Å². The van der Waals surface area contributed by atoms with Crippen molar-refractivity contribution in [2.75, 3.05) is 6.54 Å². The summed E-state index contributed by atoms with van der Waals surface area (Å²) in [5.74, 6) is -0.0357. The highest BCUT2D eigenvalue weighted by molar-refractivity contribution is 8.00. The van der Waals surface area contributed by atoms with Crippen LogP contribution in [0.3, 0.4) is 0 Å². The summed E-state index contributed by atoms with van der Waals surface area (Å²) < 4.78 is 13.9. The van der Waals surface area contributed by atoms with Crippen LogP contribution in [0, 0.1) is 5.82 Å². The van der Waals surface area contributed by atoms with E-state index in [0.29, 0.717) is 11.8 Å². The zero-order valence-corrected chi connectivity index (χ0v) is 12.1. The first-order chi connectivity index (χ1) is 9.78. The van der Waals surface area contributed by atoms with Crippen LogP contribution in [-0.4, -0.2) is 11.8 Å². The summed E-state index contributed by atoms with van der Waals surface area (Å²) in [5.41, 5.74) is 8.05. The summed E-state index contributed by atoms with van der Waals surface area (Å²) >= 11 is 1.90. The summed E-state index contributed by atoms with van der Waals surface area (Å²) in [4.78, 5) is 1.36. The summed E-state index contributed by atoms with van der Waals surface area (Å²) in [5, 5.41) is 0.501. The molecule has 2 atom stereocenters. The molecule has 0 saturated heterocycles. The monoisotopic (exact) mass is 287 g/mol. The molecule has 3 rings (SSSR count). The third-order valence-corrected chi connectivity index (χ3v) is 5.24. The molecule has 1 heterocycles. The lowest BCUT2D eigenvalue weighted by Crippen LogP contribution is -2.18. The number of benzene rings is 2. The maximum absolute atomic E-state index is 13.9. The minimum atomic E-state index is -0.136. The van der Waals surface area contributed by atoms with Crippen LogP contribution >= 0.6 is 11.8 Å². The molecule has 0 radical (unpaired) electrons. The number of hydrogen-bond acceptors (Lipinski definition) is 2. The van der Waals surface area contributed by atoms with E-state index < -0.39 is 0 Å². The lowest BCUT2D eigenvalue weighted by molar-refractivity contribution is 0.551. The molecule has 0 amide bonds. The molecule has 2 unspecified atom stereocenters. The van der Waals surface area contributed by atoms with E-state index in [9.17, 15) is 4.39 Å². The molecule has 1 nitrogen and oxygen atoms in total. The van der Waals surface area contributed by atoms with E-state index in [4.69, 9.17) is 5.73 Å². The first-order valence-corrected chi connectivity index (χ1v) is 7.85. The number of fused-ring (bicyclic) bond motifs is 1. The fraction of sp³-hybridized carbons (Fsp3) is 0.294. The maximum Gasteiger partial charge on any atom is 0.126 e. The number of nitrogens with two attached hydrogens (primary N) is 1. The van der Waals surface area contributed by atoms with Gasteiger partial charge in [0.1, 0.15) is 5.82 Å². The minimum absolute atomic E-state index is 0.100. The summed E-state index contributed by atoms with van der Waals surface area (Å²) in [7, 11) is 0. The van der Waals surface area contributed by atoms with Gasteiger partial charge in [-0.05, 0) is 42.6 Å². The molecule has 0 bridgehead atoms. The average Bonchev–Trinajstić information content (AvgIpc) is 2.88. The van der Waals surface area contributed by atoms with Gasteiger partial charge in [0, 0.05) is 16.1 Å². The van der Waals surface area contributed by atoms with Gasteiger partial charge in [-0.15, -0.1) is 11.8 Å². The Morgan fingerprint density at radius 1 is 1.15 bits per heavy atom. The topological polar surface area (TPSA) is 26.0 Å².